The summed E-state index contributed by atoms with van der Waals surface area (Å²) in [5.41, 5.74) is 6.84. The van der Waals surface area contributed by atoms with Crippen molar-refractivity contribution in [2.45, 2.75) is 18.6 Å². The van der Waals surface area contributed by atoms with Crippen LogP contribution in [0.2, 0.25) is 0 Å². The quantitative estimate of drug-likeness (QED) is 0.534. The van der Waals surface area contributed by atoms with Gasteiger partial charge in [-0.2, -0.15) is 13.2 Å². The molecule has 23 heavy (non-hydrogen) atoms. The molecule has 0 aliphatic carbocycles. The van der Waals surface area contributed by atoms with Crippen LogP contribution in [-0.2, 0) is 11.2 Å². The lowest BCUT2D eigenvalue weighted by molar-refractivity contribution is -0.189. The highest BCUT2D eigenvalue weighted by molar-refractivity contribution is 5.86. The fraction of sp³-hybridized carbons (Fsp3) is 0.250. The van der Waals surface area contributed by atoms with Gasteiger partial charge in [-0.3, -0.25) is 4.99 Å². The third-order valence-electron chi connectivity index (χ3n) is 3.13. The zero-order valence-electron chi connectivity index (χ0n) is 12.3. The highest BCUT2D eigenvalue weighted by atomic mass is 19.4. The van der Waals surface area contributed by atoms with E-state index in [0.29, 0.717) is 11.8 Å². The number of hydrogen-bond donors (Lipinski definition) is 1. The number of fused-ring (bicyclic) bond motifs is 1. The second-order valence-electron chi connectivity index (χ2n) is 5.01. The zero-order chi connectivity index (χ0) is 17.0. The van der Waals surface area contributed by atoms with E-state index < -0.39 is 12.1 Å². The van der Waals surface area contributed by atoms with Crippen LogP contribution in [0, 0.1) is 0 Å². The van der Waals surface area contributed by atoms with Crippen LogP contribution < -0.4 is 10.5 Å². The van der Waals surface area contributed by atoms with Gasteiger partial charge in [0, 0.05) is 19.3 Å². The summed E-state index contributed by atoms with van der Waals surface area (Å²) in [4.78, 5) is 14.7. The Morgan fingerprint density at radius 2 is 1.91 bits per heavy atom. The van der Waals surface area contributed by atoms with Gasteiger partial charge in [0.1, 0.15) is 5.75 Å². The number of hydrogen-bond acceptors (Lipinski definition) is 4. The monoisotopic (exact) mass is 324 g/mol. The summed E-state index contributed by atoms with van der Waals surface area (Å²) >= 11 is 0. The van der Waals surface area contributed by atoms with Crippen LogP contribution >= 0.6 is 0 Å². The number of rotatable bonds is 4. The van der Waals surface area contributed by atoms with Gasteiger partial charge in [0.15, 0.2) is 0 Å². The Kier molecular flexibility index (Phi) is 5.00. The number of ether oxygens (including phenoxy) is 1. The molecule has 0 bridgehead atoms. The average molecular weight is 324 g/mol. The average Bonchev–Trinajstić information content (AvgIpc) is 2.46. The number of carbonyl (C=O) groups is 1. The molecular formula is C16H15F3N2O2. The summed E-state index contributed by atoms with van der Waals surface area (Å²) in [5.74, 6) is -2.39. The lowest BCUT2D eigenvalue weighted by atomic mass is 10.0. The minimum Gasteiger partial charge on any atom is -0.420 e. The fourth-order valence-electron chi connectivity index (χ4n) is 2.14. The summed E-state index contributed by atoms with van der Waals surface area (Å²) in [5, 5.41) is 1.48. The van der Waals surface area contributed by atoms with E-state index >= 15 is 0 Å². The molecule has 0 saturated carbocycles. The van der Waals surface area contributed by atoms with Crippen LogP contribution in [-0.4, -0.2) is 31.4 Å². The molecule has 0 aliphatic heterocycles. The number of benzene rings is 2. The first-order valence-electron chi connectivity index (χ1n) is 6.79. The Labute approximate surface area is 130 Å². The van der Waals surface area contributed by atoms with Crippen LogP contribution in [0.25, 0.3) is 10.8 Å². The van der Waals surface area contributed by atoms with E-state index in [0.717, 1.165) is 10.9 Å². The molecular weight excluding hydrogens is 309 g/mol. The number of carbonyl (C=O) groups excluding carboxylic acids is 1. The molecule has 2 aromatic rings. The Balaban J connectivity index is 2.20. The number of aliphatic imine (C=N–C) groups is 1. The van der Waals surface area contributed by atoms with Crippen LogP contribution in [0.5, 0.6) is 5.75 Å². The van der Waals surface area contributed by atoms with Crippen LogP contribution in [0.15, 0.2) is 41.4 Å². The van der Waals surface area contributed by atoms with Gasteiger partial charge < -0.3 is 10.5 Å². The van der Waals surface area contributed by atoms with Gasteiger partial charge in [0.25, 0.3) is 0 Å². The predicted octanol–water partition coefficient (Wildman–Crippen LogP) is 2.88. The maximum absolute atomic E-state index is 12.2. The van der Waals surface area contributed by atoms with Crippen molar-refractivity contribution in [1.82, 2.24) is 0 Å². The first kappa shape index (κ1) is 17.0. The van der Waals surface area contributed by atoms with E-state index in [1.54, 1.807) is 25.4 Å². The topological polar surface area (TPSA) is 64.7 Å². The number of alkyl halides is 3. The van der Waals surface area contributed by atoms with E-state index in [4.69, 9.17) is 5.73 Å². The first-order valence-corrected chi connectivity index (χ1v) is 6.79. The smallest absolute Gasteiger partial charge is 0.420 e. The van der Waals surface area contributed by atoms with Gasteiger partial charge in [0.05, 0.1) is 0 Å². The minimum absolute atomic E-state index is 0.151. The summed E-state index contributed by atoms with van der Waals surface area (Å²) < 4.78 is 40.9. The highest BCUT2D eigenvalue weighted by Gasteiger charge is 2.41. The molecule has 2 rings (SSSR count). The third-order valence-corrected chi connectivity index (χ3v) is 3.13. The van der Waals surface area contributed by atoms with Gasteiger partial charge in [0.2, 0.25) is 0 Å². The molecule has 122 valence electrons. The fourth-order valence-corrected chi connectivity index (χ4v) is 2.14. The van der Waals surface area contributed by atoms with Crippen molar-refractivity contribution in [3.63, 3.8) is 0 Å². The molecule has 0 radical (unpaired) electrons. The first-order chi connectivity index (χ1) is 10.8. The van der Waals surface area contributed by atoms with E-state index in [1.807, 2.05) is 12.1 Å². The van der Waals surface area contributed by atoms with Crippen molar-refractivity contribution >= 4 is 23.0 Å². The zero-order valence-corrected chi connectivity index (χ0v) is 12.3. The molecule has 1 atom stereocenters. The maximum Gasteiger partial charge on any atom is 0.491 e. The van der Waals surface area contributed by atoms with Crippen LogP contribution in [0.1, 0.15) is 5.56 Å². The summed E-state index contributed by atoms with van der Waals surface area (Å²) in [6, 6.07) is 9.54. The van der Waals surface area contributed by atoms with Gasteiger partial charge in [-0.05, 0) is 34.9 Å². The Hall–Kier alpha value is -2.41. The third kappa shape index (κ3) is 4.53. The van der Waals surface area contributed by atoms with E-state index in [-0.39, 0.29) is 11.8 Å². The second kappa shape index (κ2) is 6.78. The lowest BCUT2D eigenvalue weighted by Gasteiger charge is -2.09. The normalized spacial score (nSPS) is 13.4. The molecule has 2 aromatic carbocycles. The Bertz CT molecular complexity index is 742. The van der Waals surface area contributed by atoms with Crippen molar-refractivity contribution in [1.29, 1.82) is 0 Å². The molecule has 0 fully saturated rings. The van der Waals surface area contributed by atoms with Crippen molar-refractivity contribution in [2.75, 3.05) is 7.05 Å². The lowest BCUT2D eigenvalue weighted by Crippen LogP contribution is -2.27. The Morgan fingerprint density at radius 3 is 2.57 bits per heavy atom. The predicted molar refractivity (Wildman–Crippen MR) is 81.7 cm³/mol. The van der Waals surface area contributed by atoms with Crippen molar-refractivity contribution in [3.05, 3.63) is 42.0 Å². The highest BCUT2D eigenvalue weighted by Crippen LogP contribution is 2.25. The van der Waals surface area contributed by atoms with E-state index in [9.17, 15) is 18.0 Å². The van der Waals surface area contributed by atoms with Crippen molar-refractivity contribution in [2.24, 2.45) is 10.7 Å². The molecule has 0 amide bonds. The molecule has 0 aromatic heterocycles. The van der Waals surface area contributed by atoms with Crippen LogP contribution in [0.3, 0.4) is 0 Å². The molecule has 4 nitrogen and oxygen atoms in total. The molecule has 0 spiro atoms. The summed E-state index contributed by atoms with van der Waals surface area (Å²) in [6.45, 7) is 0. The molecule has 7 heteroatoms. The van der Waals surface area contributed by atoms with Gasteiger partial charge >= 0.3 is 12.1 Å². The van der Waals surface area contributed by atoms with Crippen molar-refractivity contribution in [3.8, 4) is 5.75 Å². The molecule has 0 aliphatic rings. The largest absolute Gasteiger partial charge is 0.491 e. The summed E-state index contributed by atoms with van der Waals surface area (Å²) in [7, 11) is 1.64. The molecule has 0 saturated heterocycles. The van der Waals surface area contributed by atoms with Gasteiger partial charge in [-0.15, -0.1) is 0 Å². The number of nitrogens with zero attached hydrogens (tertiary/aromatic N) is 1. The standard InChI is InChI=1S/C16H15F3N2O2/c1-21-9-13(20)7-10-2-3-12-8-14(5-4-11(12)6-10)23-15(22)16(17,18)19/h2-6,8-9,13H,7,20H2,1H3. The second-order valence-corrected chi connectivity index (χ2v) is 5.01. The number of halogens is 3. The molecule has 1 unspecified atom stereocenters. The van der Waals surface area contributed by atoms with Gasteiger partial charge in [-0.1, -0.05) is 24.3 Å². The van der Waals surface area contributed by atoms with Gasteiger partial charge in [-0.25, -0.2) is 4.79 Å². The van der Waals surface area contributed by atoms with Crippen molar-refractivity contribution < 1.29 is 22.7 Å². The SMILES string of the molecule is CN=CC(N)Cc1ccc2cc(OC(=O)C(F)(F)F)ccc2c1. The molecule has 0 heterocycles. The minimum atomic E-state index is -5.02. The van der Waals surface area contributed by atoms with Crippen LogP contribution in [0.4, 0.5) is 13.2 Å². The molecule has 2 N–H and O–H groups in total. The number of esters is 1. The number of nitrogens with two attached hydrogens (primary N) is 1. The van der Waals surface area contributed by atoms with E-state index in [1.165, 1.54) is 12.1 Å². The Morgan fingerprint density at radius 1 is 1.26 bits per heavy atom. The summed E-state index contributed by atoms with van der Waals surface area (Å²) in [6.07, 6.45) is -2.78. The van der Waals surface area contributed by atoms with E-state index in [2.05, 4.69) is 9.73 Å². The maximum atomic E-state index is 12.2.